The molecule has 1 saturated heterocycles. The molecule has 0 spiro atoms. The standard InChI is InChI=1S/C27H30N2O5/c1-28-25(30)24(26(31)29(2)27(28)32)18-19-8-12-22(13-9-19)33-16-17-34-23-14-10-21(11-15-23)20-6-4-3-5-7-20/h8-15,18,20H,3-7,16-17H2,1-2H3. The highest BCUT2D eigenvalue weighted by Gasteiger charge is 2.37. The number of urea groups is 1. The summed E-state index contributed by atoms with van der Waals surface area (Å²) in [5.41, 5.74) is 2.01. The number of hydrogen-bond donors (Lipinski definition) is 0. The molecule has 0 N–H and O–H groups in total. The van der Waals surface area contributed by atoms with E-state index >= 15 is 0 Å². The second-order valence-corrected chi connectivity index (χ2v) is 8.74. The van der Waals surface area contributed by atoms with Crippen LogP contribution in [0, 0.1) is 0 Å². The third kappa shape index (κ3) is 5.30. The molecular weight excluding hydrogens is 432 g/mol. The number of likely N-dealkylation sites (N-methyl/N-ethyl adjacent to an activating group) is 2. The van der Waals surface area contributed by atoms with E-state index in [0.717, 1.165) is 15.5 Å². The molecule has 0 radical (unpaired) electrons. The highest BCUT2D eigenvalue weighted by atomic mass is 16.5. The lowest BCUT2D eigenvalue weighted by molar-refractivity contribution is -0.134. The zero-order valence-electron chi connectivity index (χ0n) is 19.7. The van der Waals surface area contributed by atoms with E-state index < -0.39 is 17.8 Å². The van der Waals surface area contributed by atoms with Crippen LogP contribution in [-0.4, -0.2) is 55.0 Å². The minimum absolute atomic E-state index is 0.0545. The van der Waals surface area contributed by atoms with Gasteiger partial charge in [-0.05, 0) is 60.2 Å². The molecule has 1 aliphatic heterocycles. The van der Waals surface area contributed by atoms with Crippen molar-refractivity contribution in [2.24, 2.45) is 0 Å². The normalized spacial score (nSPS) is 17.2. The Morgan fingerprint density at radius 2 is 1.26 bits per heavy atom. The van der Waals surface area contributed by atoms with Crippen molar-refractivity contribution in [3.63, 3.8) is 0 Å². The molecule has 0 atom stereocenters. The van der Waals surface area contributed by atoms with Crippen molar-refractivity contribution in [1.29, 1.82) is 0 Å². The van der Waals surface area contributed by atoms with Crippen LogP contribution in [0.3, 0.4) is 0 Å². The average Bonchev–Trinajstić information content (AvgIpc) is 2.88. The van der Waals surface area contributed by atoms with Gasteiger partial charge in [-0.15, -0.1) is 0 Å². The van der Waals surface area contributed by atoms with E-state index in [9.17, 15) is 14.4 Å². The Labute approximate surface area is 199 Å². The first kappa shape index (κ1) is 23.5. The number of barbiturate groups is 1. The third-order valence-electron chi connectivity index (χ3n) is 6.41. The smallest absolute Gasteiger partial charge is 0.333 e. The van der Waals surface area contributed by atoms with Crippen LogP contribution in [0.25, 0.3) is 6.08 Å². The molecule has 7 nitrogen and oxygen atoms in total. The maximum absolute atomic E-state index is 12.3. The SMILES string of the molecule is CN1C(=O)C(=Cc2ccc(OCCOc3ccc(C4CCCCC4)cc3)cc2)C(=O)N(C)C1=O. The molecular formula is C27H30N2O5. The molecule has 0 aromatic heterocycles. The number of amides is 4. The van der Waals surface area contributed by atoms with Crippen molar-refractivity contribution in [3.8, 4) is 11.5 Å². The van der Waals surface area contributed by atoms with Gasteiger partial charge in [-0.1, -0.05) is 43.5 Å². The van der Waals surface area contributed by atoms with E-state index in [1.165, 1.54) is 57.8 Å². The lowest BCUT2D eigenvalue weighted by Gasteiger charge is -2.28. The van der Waals surface area contributed by atoms with Gasteiger partial charge in [0, 0.05) is 14.1 Å². The lowest BCUT2D eigenvalue weighted by atomic mass is 9.84. The minimum atomic E-state index is -0.640. The van der Waals surface area contributed by atoms with Crippen molar-refractivity contribution in [2.45, 2.75) is 38.0 Å². The number of nitrogens with zero attached hydrogens (tertiary/aromatic N) is 2. The van der Waals surface area contributed by atoms with Crippen LogP contribution in [-0.2, 0) is 9.59 Å². The number of carbonyl (C=O) groups is 3. The molecule has 2 aromatic rings. The molecule has 4 rings (SSSR count). The van der Waals surface area contributed by atoms with Gasteiger partial charge in [-0.3, -0.25) is 19.4 Å². The quantitative estimate of drug-likeness (QED) is 0.341. The second-order valence-electron chi connectivity index (χ2n) is 8.74. The zero-order chi connectivity index (χ0) is 24.1. The molecule has 1 heterocycles. The fraction of sp³-hybridized carbons (Fsp3) is 0.370. The van der Waals surface area contributed by atoms with Gasteiger partial charge in [0.2, 0.25) is 0 Å². The molecule has 2 aliphatic rings. The summed E-state index contributed by atoms with van der Waals surface area (Å²) in [4.78, 5) is 38.3. The molecule has 4 amide bonds. The van der Waals surface area contributed by atoms with Crippen molar-refractivity contribution in [2.75, 3.05) is 27.3 Å². The van der Waals surface area contributed by atoms with E-state index in [1.807, 2.05) is 12.1 Å². The Balaban J connectivity index is 1.26. The van der Waals surface area contributed by atoms with Gasteiger partial charge < -0.3 is 9.47 Å². The molecule has 178 valence electrons. The van der Waals surface area contributed by atoms with Gasteiger partial charge in [0.15, 0.2) is 0 Å². The monoisotopic (exact) mass is 462 g/mol. The Morgan fingerprint density at radius 1 is 0.765 bits per heavy atom. The number of carbonyl (C=O) groups excluding carboxylic acids is 3. The largest absolute Gasteiger partial charge is 0.490 e. The Kier molecular flexibility index (Phi) is 7.30. The molecule has 0 unspecified atom stereocenters. The summed E-state index contributed by atoms with van der Waals surface area (Å²) in [6.07, 6.45) is 8.05. The number of rotatable bonds is 7. The second kappa shape index (κ2) is 10.5. The molecule has 0 bridgehead atoms. The van der Waals surface area contributed by atoms with Crippen LogP contribution in [0.5, 0.6) is 11.5 Å². The molecule has 1 aliphatic carbocycles. The fourth-order valence-corrected chi connectivity index (χ4v) is 4.39. The zero-order valence-corrected chi connectivity index (χ0v) is 19.7. The highest BCUT2D eigenvalue weighted by Crippen LogP contribution is 2.33. The number of imide groups is 2. The van der Waals surface area contributed by atoms with Crippen LogP contribution in [0.2, 0.25) is 0 Å². The summed E-state index contributed by atoms with van der Waals surface area (Å²) in [5.74, 6) is 0.947. The number of ether oxygens (including phenoxy) is 2. The van der Waals surface area contributed by atoms with E-state index in [4.69, 9.17) is 9.47 Å². The highest BCUT2D eigenvalue weighted by molar-refractivity contribution is 6.30. The van der Waals surface area contributed by atoms with Crippen LogP contribution < -0.4 is 9.47 Å². The van der Waals surface area contributed by atoms with Crippen LogP contribution in [0.15, 0.2) is 54.1 Å². The van der Waals surface area contributed by atoms with Gasteiger partial charge in [-0.25, -0.2) is 4.79 Å². The van der Waals surface area contributed by atoms with Crippen LogP contribution >= 0.6 is 0 Å². The summed E-state index contributed by atoms with van der Waals surface area (Å²) in [7, 11) is 2.71. The van der Waals surface area contributed by atoms with Gasteiger partial charge >= 0.3 is 6.03 Å². The van der Waals surface area contributed by atoms with E-state index in [2.05, 4.69) is 12.1 Å². The van der Waals surface area contributed by atoms with Crippen molar-refractivity contribution in [3.05, 3.63) is 65.2 Å². The molecule has 2 fully saturated rings. The maximum Gasteiger partial charge on any atom is 0.333 e. The first-order valence-corrected chi connectivity index (χ1v) is 11.7. The summed E-state index contributed by atoms with van der Waals surface area (Å²) >= 11 is 0. The van der Waals surface area contributed by atoms with Crippen molar-refractivity contribution >= 4 is 23.9 Å². The summed E-state index contributed by atoms with van der Waals surface area (Å²) < 4.78 is 11.5. The molecule has 7 heteroatoms. The van der Waals surface area contributed by atoms with E-state index in [-0.39, 0.29) is 5.57 Å². The van der Waals surface area contributed by atoms with Gasteiger partial charge in [-0.2, -0.15) is 0 Å². The first-order chi connectivity index (χ1) is 16.4. The predicted molar refractivity (Wildman–Crippen MR) is 129 cm³/mol. The summed E-state index contributed by atoms with van der Waals surface area (Å²) in [6.45, 7) is 0.809. The molecule has 34 heavy (non-hydrogen) atoms. The summed E-state index contributed by atoms with van der Waals surface area (Å²) in [6, 6.07) is 14.8. The third-order valence-corrected chi connectivity index (χ3v) is 6.41. The Bertz CT molecular complexity index is 1040. The van der Waals surface area contributed by atoms with Crippen molar-refractivity contribution < 1.29 is 23.9 Å². The number of benzene rings is 2. The fourth-order valence-electron chi connectivity index (χ4n) is 4.39. The average molecular weight is 463 g/mol. The first-order valence-electron chi connectivity index (χ1n) is 11.7. The van der Waals surface area contributed by atoms with Crippen LogP contribution in [0.4, 0.5) is 4.79 Å². The van der Waals surface area contributed by atoms with Gasteiger partial charge in [0.25, 0.3) is 11.8 Å². The number of hydrogen-bond acceptors (Lipinski definition) is 5. The molecule has 2 aromatic carbocycles. The summed E-state index contributed by atoms with van der Waals surface area (Å²) in [5, 5.41) is 0. The van der Waals surface area contributed by atoms with E-state index in [0.29, 0.717) is 30.4 Å². The molecule has 1 saturated carbocycles. The topological polar surface area (TPSA) is 76.2 Å². The minimum Gasteiger partial charge on any atom is -0.490 e. The lowest BCUT2D eigenvalue weighted by Crippen LogP contribution is -2.52. The maximum atomic E-state index is 12.3. The Morgan fingerprint density at radius 3 is 1.79 bits per heavy atom. The van der Waals surface area contributed by atoms with E-state index in [1.54, 1.807) is 24.3 Å². The van der Waals surface area contributed by atoms with Gasteiger partial charge in [0.1, 0.15) is 30.3 Å². The predicted octanol–water partition coefficient (Wildman–Crippen LogP) is 4.63. The Hall–Kier alpha value is -3.61. The van der Waals surface area contributed by atoms with Gasteiger partial charge in [0.05, 0.1) is 0 Å². The van der Waals surface area contributed by atoms with Crippen molar-refractivity contribution in [1.82, 2.24) is 9.80 Å². The van der Waals surface area contributed by atoms with Crippen LogP contribution in [0.1, 0.15) is 49.1 Å².